The molecule has 0 aromatic rings. The van der Waals surface area contributed by atoms with E-state index in [-0.39, 0.29) is 5.97 Å². The zero-order chi connectivity index (χ0) is 9.61. The van der Waals surface area contributed by atoms with Gasteiger partial charge in [0, 0.05) is 6.42 Å². The average molecular weight is 172 g/mol. The molecule has 12 heavy (non-hydrogen) atoms. The van der Waals surface area contributed by atoms with Crippen LogP contribution in [-0.4, -0.2) is 18.9 Å². The lowest BCUT2D eigenvalue weighted by Gasteiger charge is -2.15. The fraction of sp³-hybridized carbons (Fsp3) is 0.778. The maximum Gasteiger partial charge on any atom is 0.311 e. The van der Waals surface area contributed by atoms with E-state index in [1.54, 1.807) is 20.8 Å². The quantitative estimate of drug-likeness (QED) is 0.367. The van der Waals surface area contributed by atoms with E-state index in [0.29, 0.717) is 19.4 Å². The molecule has 0 aromatic carbocycles. The van der Waals surface area contributed by atoms with Gasteiger partial charge in [-0.2, -0.15) is 0 Å². The predicted molar refractivity (Wildman–Crippen MR) is 45.7 cm³/mol. The number of esters is 1. The molecule has 0 aliphatic carbocycles. The van der Waals surface area contributed by atoms with Crippen LogP contribution >= 0.6 is 0 Å². The number of aldehydes is 1. The van der Waals surface area contributed by atoms with Crippen LogP contribution in [-0.2, 0) is 14.3 Å². The molecule has 0 spiro atoms. The van der Waals surface area contributed by atoms with Crippen molar-refractivity contribution in [3.8, 4) is 0 Å². The van der Waals surface area contributed by atoms with E-state index >= 15 is 0 Å². The van der Waals surface area contributed by atoms with Crippen LogP contribution in [0.25, 0.3) is 0 Å². The summed E-state index contributed by atoms with van der Waals surface area (Å²) in [6.07, 6.45) is 1.90. The van der Waals surface area contributed by atoms with E-state index in [2.05, 4.69) is 0 Å². The molecule has 0 heterocycles. The molecule has 0 amide bonds. The Balaban J connectivity index is 3.51. The van der Waals surface area contributed by atoms with E-state index in [0.717, 1.165) is 6.29 Å². The number of rotatable bonds is 4. The number of unbranched alkanes of at least 4 members (excludes halogenated alkanes) is 1. The van der Waals surface area contributed by atoms with Crippen molar-refractivity contribution < 1.29 is 14.3 Å². The first kappa shape index (κ1) is 11.1. The van der Waals surface area contributed by atoms with Crippen LogP contribution < -0.4 is 0 Å². The minimum atomic E-state index is -0.443. The monoisotopic (exact) mass is 172 g/mol. The van der Waals surface area contributed by atoms with Crippen LogP contribution in [0, 0.1) is 5.41 Å². The highest BCUT2D eigenvalue weighted by Crippen LogP contribution is 2.14. The number of ether oxygens (including phenoxy) is 1. The molecule has 0 aromatic heterocycles. The highest BCUT2D eigenvalue weighted by molar-refractivity contribution is 5.75. The van der Waals surface area contributed by atoms with Gasteiger partial charge in [-0.05, 0) is 27.2 Å². The zero-order valence-electron chi connectivity index (χ0n) is 7.92. The predicted octanol–water partition coefficient (Wildman–Crippen LogP) is 1.55. The largest absolute Gasteiger partial charge is 0.465 e. The standard InChI is InChI=1S/C9H16O3/c1-9(2,3)8(11)12-7-5-4-6-10/h6H,4-5,7H2,1-3H3. The van der Waals surface area contributed by atoms with Crippen molar-refractivity contribution in [3.63, 3.8) is 0 Å². The van der Waals surface area contributed by atoms with Gasteiger partial charge in [0.1, 0.15) is 6.29 Å². The summed E-state index contributed by atoms with van der Waals surface area (Å²) in [7, 11) is 0. The Morgan fingerprint density at radius 3 is 2.42 bits per heavy atom. The second-order valence-electron chi connectivity index (χ2n) is 3.69. The Hall–Kier alpha value is -0.860. The fourth-order valence-corrected chi connectivity index (χ4v) is 0.548. The van der Waals surface area contributed by atoms with Gasteiger partial charge in [0.25, 0.3) is 0 Å². The third kappa shape index (κ3) is 4.88. The normalized spacial score (nSPS) is 10.9. The van der Waals surface area contributed by atoms with Gasteiger partial charge < -0.3 is 9.53 Å². The molecule has 3 heteroatoms. The average Bonchev–Trinajstić information content (AvgIpc) is 1.96. The fourth-order valence-electron chi connectivity index (χ4n) is 0.548. The third-order valence-electron chi connectivity index (χ3n) is 1.31. The molecule has 70 valence electrons. The van der Waals surface area contributed by atoms with Crippen LogP contribution in [0.15, 0.2) is 0 Å². The van der Waals surface area contributed by atoms with Gasteiger partial charge in [0.2, 0.25) is 0 Å². The van der Waals surface area contributed by atoms with E-state index in [4.69, 9.17) is 4.74 Å². The summed E-state index contributed by atoms with van der Waals surface area (Å²) >= 11 is 0. The first-order valence-corrected chi connectivity index (χ1v) is 4.09. The highest BCUT2D eigenvalue weighted by Gasteiger charge is 2.22. The van der Waals surface area contributed by atoms with Gasteiger partial charge in [-0.3, -0.25) is 4.79 Å². The van der Waals surface area contributed by atoms with Crippen LogP contribution in [0.4, 0.5) is 0 Å². The van der Waals surface area contributed by atoms with Gasteiger partial charge >= 0.3 is 5.97 Å². The molecule has 3 nitrogen and oxygen atoms in total. The number of hydrogen-bond acceptors (Lipinski definition) is 3. The molecule has 0 atom stereocenters. The molecule has 0 aliphatic heterocycles. The Morgan fingerprint density at radius 1 is 1.42 bits per heavy atom. The van der Waals surface area contributed by atoms with Crippen molar-refractivity contribution in [2.24, 2.45) is 5.41 Å². The lowest BCUT2D eigenvalue weighted by molar-refractivity contribution is -0.153. The Morgan fingerprint density at radius 2 is 2.00 bits per heavy atom. The summed E-state index contributed by atoms with van der Waals surface area (Å²) < 4.78 is 4.91. The maximum atomic E-state index is 11.1. The molecule has 0 aliphatic rings. The molecule has 0 fully saturated rings. The van der Waals surface area contributed by atoms with Crippen molar-refractivity contribution in [2.75, 3.05) is 6.61 Å². The summed E-state index contributed by atoms with van der Waals surface area (Å²) in [6.45, 7) is 5.74. The van der Waals surface area contributed by atoms with Gasteiger partial charge in [-0.1, -0.05) is 0 Å². The van der Waals surface area contributed by atoms with Gasteiger partial charge in [-0.25, -0.2) is 0 Å². The van der Waals surface area contributed by atoms with E-state index in [1.807, 2.05) is 0 Å². The third-order valence-corrected chi connectivity index (χ3v) is 1.31. The van der Waals surface area contributed by atoms with Crippen molar-refractivity contribution in [1.82, 2.24) is 0 Å². The second kappa shape index (κ2) is 4.91. The molecular formula is C9H16O3. The van der Waals surface area contributed by atoms with Crippen molar-refractivity contribution in [2.45, 2.75) is 33.6 Å². The lowest BCUT2D eigenvalue weighted by atomic mass is 9.97. The molecule has 0 rings (SSSR count). The molecule has 0 saturated carbocycles. The van der Waals surface area contributed by atoms with Gasteiger partial charge in [0.15, 0.2) is 0 Å². The Kier molecular flexibility index (Phi) is 4.55. The number of carbonyl (C=O) groups excluding carboxylic acids is 2. The molecular weight excluding hydrogens is 156 g/mol. The Bertz CT molecular complexity index is 156. The number of carbonyl (C=O) groups is 2. The smallest absolute Gasteiger partial charge is 0.311 e. The number of hydrogen-bond donors (Lipinski definition) is 0. The van der Waals surface area contributed by atoms with Crippen molar-refractivity contribution >= 4 is 12.3 Å². The van der Waals surface area contributed by atoms with E-state index in [1.165, 1.54) is 0 Å². The summed E-state index contributed by atoms with van der Waals surface area (Å²) in [6, 6.07) is 0. The first-order valence-electron chi connectivity index (χ1n) is 4.09. The van der Waals surface area contributed by atoms with Crippen LogP contribution in [0.1, 0.15) is 33.6 Å². The lowest BCUT2D eigenvalue weighted by Crippen LogP contribution is -2.23. The minimum absolute atomic E-state index is 0.214. The summed E-state index contributed by atoms with van der Waals surface area (Å²) in [4.78, 5) is 21.0. The highest BCUT2D eigenvalue weighted by atomic mass is 16.5. The first-order chi connectivity index (χ1) is 5.48. The molecule has 0 unspecified atom stereocenters. The topological polar surface area (TPSA) is 43.4 Å². The Labute approximate surface area is 73.1 Å². The van der Waals surface area contributed by atoms with E-state index in [9.17, 15) is 9.59 Å². The summed E-state index contributed by atoms with van der Waals surface area (Å²) in [5.74, 6) is -0.214. The SMILES string of the molecule is CC(C)(C)C(=O)OCCCC=O. The van der Waals surface area contributed by atoms with Crippen LogP contribution in [0.5, 0.6) is 0 Å². The van der Waals surface area contributed by atoms with Crippen LogP contribution in [0.3, 0.4) is 0 Å². The maximum absolute atomic E-state index is 11.1. The zero-order valence-corrected chi connectivity index (χ0v) is 7.92. The molecule has 0 bridgehead atoms. The molecule has 0 radical (unpaired) electrons. The molecule has 0 saturated heterocycles. The van der Waals surface area contributed by atoms with Gasteiger partial charge in [0.05, 0.1) is 12.0 Å². The van der Waals surface area contributed by atoms with Gasteiger partial charge in [-0.15, -0.1) is 0 Å². The minimum Gasteiger partial charge on any atom is -0.465 e. The summed E-state index contributed by atoms with van der Waals surface area (Å²) in [5, 5.41) is 0. The van der Waals surface area contributed by atoms with Crippen molar-refractivity contribution in [3.05, 3.63) is 0 Å². The van der Waals surface area contributed by atoms with E-state index < -0.39 is 5.41 Å². The summed E-state index contributed by atoms with van der Waals surface area (Å²) in [5.41, 5.74) is -0.443. The van der Waals surface area contributed by atoms with Crippen molar-refractivity contribution in [1.29, 1.82) is 0 Å². The second-order valence-corrected chi connectivity index (χ2v) is 3.69. The van der Waals surface area contributed by atoms with Crippen LogP contribution in [0.2, 0.25) is 0 Å². The molecule has 0 N–H and O–H groups in total.